The number of thiazole rings is 1. The summed E-state index contributed by atoms with van der Waals surface area (Å²) in [7, 11) is 0. The molecule has 0 spiro atoms. The minimum absolute atomic E-state index is 0.00634. The number of aryl methyl sites for hydroxylation is 1. The zero-order valence-corrected chi connectivity index (χ0v) is 20.6. The highest BCUT2D eigenvalue weighted by molar-refractivity contribution is 7.13. The Morgan fingerprint density at radius 2 is 1.89 bits per heavy atom. The third kappa shape index (κ3) is 5.51. The molecule has 0 unspecified atom stereocenters. The van der Waals surface area contributed by atoms with Gasteiger partial charge in [0.2, 0.25) is 0 Å². The molecule has 4 rings (SSSR count). The molecule has 0 atom stereocenters. The highest BCUT2D eigenvalue weighted by Gasteiger charge is 2.16. The van der Waals surface area contributed by atoms with Gasteiger partial charge in [-0.05, 0) is 62.7 Å². The van der Waals surface area contributed by atoms with Crippen LogP contribution < -0.4 is 4.74 Å². The van der Waals surface area contributed by atoms with Gasteiger partial charge in [0.05, 0.1) is 12.3 Å². The van der Waals surface area contributed by atoms with Crippen LogP contribution in [0.2, 0.25) is 0 Å². The summed E-state index contributed by atoms with van der Waals surface area (Å²) in [5.74, 6) is 0.136. The second kappa shape index (κ2) is 10.9. The number of hydrogen-bond donors (Lipinski definition) is 0. The topological polar surface area (TPSA) is 77.1 Å². The zero-order valence-electron chi connectivity index (χ0n) is 19.8. The van der Waals surface area contributed by atoms with Gasteiger partial charge in [-0.15, -0.1) is 11.3 Å². The molecule has 0 saturated carbocycles. The maximum Gasteiger partial charge on any atom is 0.349 e. The Hall–Kier alpha value is -4.15. The summed E-state index contributed by atoms with van der Waals surface area (Å²) in [4.78, 5) is 17.2. The molecule has 176 valence electrons. The number of hydrogen-bond acceptors (Lipinski definition) is 6. The summed E-state index contributed by atoms with van der Waals surface area (Å²) in [5.41, 5.74) is 5.25. The van der Waals surface area contributed by atoms with E-state index in [0.29, 0.717) is 12.3 Å². The maximum absolute atomic E-state index is 12.6. The second-order valence-corrected chi connectivity index (χ2v) is 8.70. The third-order valence-electron chi connectivity index (χ3n) is 5.44. The van der Waals surface area contributed by atoms with E-state index in [9.17, 15) is 10.1 Å². The van der Waals surface area contributed by atoms with Crippen molar-refractivity contribution in [3.8, 4) is 28.1 Å². The van der Waals surface area contributed by atoms with Crippen LogP contribution in [0.4, 0.5) is 0 Å². The van der Waals surface area contributed by atoms with Crippen molar-refractivity contribution in [1.82, 2.24) is 9.55 Å². The Morgan fingerprint density at radius 1 is 1.14 bits per heavy atom. The van der Waals surface area contributed by atoms with Crippen molar-refractivity contribution in [2.24, 2.45) is 0 Å². The number of rotatable bonds is 8. The fourth-order valence-electron chi connectivity index (χ4n) is 3.79. The van der Waals surface area contributed by atoms with E-state index in [4.69, 9.17) is 9.47 Å². The molecular weight excluding hydrogens is 458 g/mol. The minimum atomic E-state index is -0.673. The first kappa shape index (κ1) is 24.0. The van der Waals surface area contributed by atoms with Crippen LogP contribution in [0.25, 0.3) is 22.3 Å². The van der Waals surface area contributed by atoms with Crippen LogP contribution in [-0.4, -0.2) is 22.1 Å². The van der Waals surface area contributed by atoms with Crippen molar-refractivity contribution in [3.63, 3.8) is 0 Å². The first-order valence-electron chi connectivity index (χ1n) is 11.2. The van der Waals surface area contributed by atoms with Crippen LogP contribution in [0.1, 0.15) is 29.6 Å². The highest BCUT2D eigenvalue weighted by Crippen LogP contribution is 2.26. The number of nitrogens with zero attached hydrogens (tertiary/aromatic N) is 3. The van der Waals surface area contributed by atoms with Crippen molar-refractivity contribution >= 4 is 23.4 Å². The van der Waals surface area contributed by atoms with Gasteiger partial charge in [0.15, 0.2) is 0 Å². The number of benzene rings is 2. The van der Waals surface area contributed by atoms with Crippen molar-refractivity contribution in [2.45, 2.75) is 27.4 Å². The number of carbonyl (C=O) groups is 1. The summed E-state index contributed by atoms with van der Waals surface area (Å²) in [6.45, 7) is 6.50. The number of esters is 1. The molecule has 6 nitrogen and oxygen atoms in total. The largest absolute Gasteiger partial charge is 0.494 e. The predicted octanol–water partition coefficient (Wildman–Crippen LogP) is 6.27. The lowest BCUT2D eigenvalue weighted by molar-refractivity contribution is -0.139. The van der Waals surface area contributed by atoms with Crippen molar-refractivity contribution < 1.29 is 14.3 Å². The molecule has 0 N–H and O–H groups in total. The first-order chi connectivity index (χ1) is 17.0. The van der Waals surface area contributed by atoms with E-state index in [0.717, 1.165) is 39.0 Å². The summed E-state index contributed by atoms with van der Waals surface area (Å²) in [6, 6.07) is 21.6. The fraction of sp³-hybridized carbons (Fsp3) is 0.179. The standard InChI is InChI=1S/C28H25N3O3S/c1-4-33-26-12-10-25(11-13-26)31-19(2)14-22(20(31)3)15-23(16-29)28(32)34-17-24-18-35-27(30-24)21-8-6-5-7-9-21/h5-15,18H,4,17H2,1-3H3/b23-15+. The van der Waals surface area contributed by atoms with Crippen LogP contribution in [0.5, 0.6) is 5.75 Å². The molecule has 0 saturated heterocycles. The highest BCUT2D eigenvalue weighted by atomic mass is 32.1. The first-order valence-corrected chi connectivity index (χ1v) is 12.1. The number of nitriles is 1. The molecule has 0 radical (unpaired) electrons. The van der Waals surface area contributed by atoms with Crippen molar-refractivity contribution in [2.75, 3.05) is 6.61 Å². The van der Waals surface area contributed by atoms with Crippen molar-refractivity contribution in [1.29, 1.82) is 5.26 Å². The molecule has 7 heteroatoms. The van der Waals surface area contributed by atoms with Crippen LogP contribution in [0.3, 0.4) is 0 Å². The van der Waals surface area contributed by atoms with E-state index < -0.39 is 5.97 Å². The smallest absolute Gasteiger partial charge is 0.349 e. The number of ether oxygens (including phenoxy) is 2. The van der Waals surface area contributed by atoms with Crippen LogP contribution in [0.15, 0.2) is 71.6 Å². The summed E-state index contributed by atoms with van der Waals surface area (Å²) < 4.78 is 13.0. The van der Waals surface area contributed by atoms with E-state index >= 15 is 0 Å². The molecule has 0 aliphatic rings. The summed E-state index contributed by atoms with van der Waals surface area (Å²) in [5, 5.41) is 12.3. The minimum Gasteiger partial charge on any atom is -0.494 e. The van der Waals surface area contributed by atoms with Gasteiger partial charge in [-0.2, -0.15) is 5.26 Å². The molecule has 4 aromatic rings. The van der Waals surface area contributed by atoms with Gasteiger partial charge >= 0.3 is 5.97 Å². The molecule has 2 heterocycles. The van der Waals surface area contributed by atoms with Gasteiger partial charge in [0.1, 0.15) is 29.0 Å². The Labute approximate surface area is 208 Å². The van der Waals surface area contributed by atoms with E-state index in [2.05, 4.69) is 9.55 Å². The Morgan fingerprint density at radius 3 is 2.57 bits per heavy atom. The number of aromatic nitrogens is 2. The van der Waals surface area contributed by atoms with E-state index in [1.807, 2.05) is 92.9 Å². The lowest BCUT2D eigenvalue weighted by Gasteiger charge is -2.11. The van der Waals surface area contributed by atoms with Gasteiger partial charge < -0.3 is 14.0 Å². The molecule has 0 aliphatic carbocycles. The lowest BCUT2D eigenvalue weighted by atomic mass is 10.1. The Kier molecular flexibility index (Phi) is 7.44. The summed E-state index contributed by atoms with van der Waals surface area (Å²) >= 11 is 1.49. The van der Waals surface area contributed by atoms with E-state index in [1.54, 1.807) is 6.08 Å². The normalized spacial score (nSPS) is 11.2. The predicted molar refractivity (Wildman–Crippen MR) is 137 cm³/mol. The van der Waals surface area contributed by atoms with Crippen LogP contribution in [0, 0.1) is 25.2 Å². The zero-order chi connectivity index (χ0) is 24.8. The molecule has 0 aliphatic heterocycles. The maximum atomic E-state index is 12.6. The van der Waals surface area contributed by atoms with Gasteiger partial charge in [0, 0.05) is 28.0 Å². The average molecular weight is 484 g/mol. The van der Waals surface area contributed by atoms with Crippen LogP contribution in [-0.2, 0) is 16.1 Å². The van der Waals surface area contributed by atoms with Crippen molar-refractivity contribution in [3.05, 3.63) is 94.3 Å². The van der Waals surface area contributed by atoms with Gasteiger partial charge in [0.25, 0.3) is 0 Å². The summed E-state index contributed by atoms with van der Waals surface area (Å²) in [6.07, 6.45) is 1.58. The molecule has 0 amide bonds. The van der Waals surface area contributed by atoms with Gasteiger partial charge in [-0.3, -0.25) is 0 Å². The Bertz CT molecular complexity index is 1390. The quantitative estimate of drug-likeness (QED) is 0.168. The molecule has 35 heavy (non-hydrogen) atoms. The van der Waals surface area contributed by atoms with Gasteiger partial charge in [-0.1, -0.05) is 30.3 Å². The average Bonchev–Trinajstić information content (AvgIpc) is 3.46. The second-order valence-electron chi connectivity index (χ2n) is 7.84. The molecule has 0 fully saturated rings. The Balaban J connectivity index is 1.48. The van der Waals surface area contributed by atoms with Gasteiger partial charge in [-0.25, -0.2) is 9.78 Å². The molecular formula is C28H25N3O3S. The lowest BCUT2D eigenvalue weighted by Crippen LogP contribution is -2.07. The van der Waals surface area contributed by atoms with E-state index in [-0.39, 0.29) is 12.2 Å². The monoisotopic (exact) mass is 483 g/mol. The SMILES string of the molecule is CCOc1ccc(-n2c(C)cc(/C=C(\C#N)C(=O)OCc3csc(-c4ccccc4)n3)c2C)cc1. The number of carbonyl (C=O) groups excluding carboxylic acids is 1. The third-order valence-corrected chi connectivity index (χ3v) is 6.38. The molecule has 0 bridgehead atoms. The van der Waals surface area contributed by atoms with E-state index in [1.165, 1.54) is 11.3 Å². The fourth-order valence-corrected chi connectivity index (χ4v) is 4.60. The van der Waals surface area contributed by atoms with Crippen LogP contribution >= 0.6 is 11.3 Å². The molecule has 2 aromatic carbocycles. The molecule has 2 aromatic heterocycles.